The van der Waals surface area contributed by atoms with Crippen molar-refractivity contribution in [3.8, 4) is 11.5 Å². The summed E-state index contributed by atoms with van der Waals surface area (Å²) in [6.45, 7) is 5.73. The third kappa shape index (κ3) is 3.15. The summed E-state index contributed by atoms with van der Waals surface area (Å²) >= 11 is 0. The van der Waals surface area contributed by atoms with Crippen molar-refractivity contribution in [2.75, 3.05) is 14.2 Å². The Morgan fingerprint density at radius 3 is 2.62 bits per heavy atom. The molecule has 0 amide bonds. The fraction of sp³-hybridized carbons (Fsp3) is 0.353. The van der Waals surface area contributed by atoms with Gasteiger partial charge in [-0.25, -0.2) is 0 Å². The van der Waals surface area contributed by atoms with Crippen LogP contribution in [-0.4, -0.2) is 44.9 Å². The first-order chi connectivity index (χ1) is 12.3. The quantitative estimate of drug-likeness (QED) is 0.657. The van der Waals surface area contributed by atoms with E-state index in [-0.39, 0.29) is 11.3 Å². The Morgan fingerprint density at radius 2 is 1.96 bits per heavy atom. The molecule has 2 aromatic heterocycles. The highest BCUT2D eigenvalue weighted by Crippen LogP contribution is 2.23. The fourth-order valence-electron chi connectivity index (χ4n) is 2.40. The minimum atomic E-state index is -0.454. The molecule has 0 radical (unpaired) electrons. The molecule has 136 valence electrons. The van der Waals surface area contributed by atoms with Crippen LogP contribution in [0, 0.1) is 0 Å². The zero-order chi connectivity index (χ0) is 18.9. The van der Waals surface area contributed by atoms with Gasteiger partial charge in [0.2, 0.25) is 0 Å². The van der Waals surface area contributed by atoms with Crippen LogP contribution in [0.15, 0.2) is 34.4 Å². The summed E-state index contributed by atoms with van der Waals surface area (Å²) in [6, 6.07) is 5.31. The Bertz CT molecular complexity index is 1030. The van der Waals surface area contributed by atoms with Crippen molar-refractivity contribution in [1.29, 1.82) is 0 Å². The smallest absolute Gasteiger partial charge is 0.298 e. The number of ether oxygens (including phenoxy) is 2. The van der Waals surface area contributed by atoms with Crippen molar-refractivity contribution in [3.05, 3.63) is 46.1 Å². The lowest BCUT2D eigenvalue weighted by Crippen LogP contribution is -2.33. The van der Waals surface area contributed by atoms with Crippen LogP contribution in [-0.2, 0) is 5.41 Å². The highest BCUT2D eigenvalue weighted by atomic mass is 16.5. The van der Waals surface area contributed by atoms with Crippen molar-refractivity contribution >= 4 is 12.0 Å². The van der Waals surface area contributed by atoms with Crippen molar-refractivity contribution in [1.82, 2.24) is 24.5 Å². The first-order valence-electron chi connectivity index (χ1n) is 7.95. The minimum absolute atomic E-state index is 0.228. The first-order valence-corrected chi connectivity index (χ1v) is 7.95. The van der Waals surface area contributed by atoms with Gasteiger partial charge in [-0.1, -0.05) is 20.8 Å². The van der Waals surface area contributed by atoms with Crippen LogP contribution in [0.2, 0.25) is 0 Å². The molecule has 1 aromatic carbocycles. The van der Waals surface area contributed by atoms with E-state index in [1.807, 2.05) is 20.8 Å². The van der Waals surface area contributed by atoms with Crippen molar-refractivity contribution in [2.24, 2.45) is 5.10 Å². The second-order valence-corrected chi connectivity index (χ2v) is 6.64. The molecule has 26 heavy (non-hydrogen) atoms. The average molecular weight is 356 g/mol. The van der Waals surface area contributed by atoms with E-state index in [0.29, 0.717) is 22.8 Å². The van der Waals surface area contributed by atoms with E-state index in [1.165, 1.54) is 21.7 Å². The third-order valence-electron chi connectivity index (χ3n) is 3.77. The number of aromatic nitrogens is 5. The third-order valence-corrected chi connectivity index (χ3v) is 3.77. The molecule has 0 saturated heterocycles. The van der Waals surface area contributed by atoms with Gasteiger partial charge in [-0.05, 0) is 12.1 Å². The molecule has 0 bridgehead atoms. The van der Waals surface area contributed by atoms with E-state index >= 15 is 0 Å². The molecule has 0 saturated carbocycles. The van der Waals surface area contributed by atoms with Crippen molar-refractivity contribution < 1.29 is 9.47 Å². The predicted octanol–water partition coefficient (Wildman–Crippen LogP) is 1.48. The molecule has 0 spiro atoms. The van der Waals surface area contributed by atoms with Crippen LogP contribution in [0.4, 0.5) is 0 Å². The Balaban J connectivity index is 2.15. The molecule has 0 N–H and O–H groups in total. The summed E-state index contributed by atoms with van der Waals surface area (Å²) < 4.78 is 13.2. The largest absolute Gasteiger partial charge is 0.497 e. The molecule has 3 aromatic rings. The molecule has 2 heterocycles. The molecule has 0 aliphatic heterocycles. The fourth-order valence-corrected chi connectivity index (χ4v) is 2.40. The van der Waals surface area contributed by atoms with E-state index in [0.717, 1.165) is 0 Å². The predicted molar refractivity (Wildman–Crippen MR) is 96.3 cm³/mol. The number of hydrogen-bond acceptors (Lipinski definition) is 7. The van der Waals surface area contributed by atoms with E-state index in [4.69, 9.17) is 9.47 Å². The molecule has 0 unspecified atom stereocenters. The number of benzene rings is 1. The van der Waals surface area contributed by atoms with E-state index in [2.05, 4.69) is 20.4 Å². The monoisotopic (exact) mass is 356 g/mol. The van der Waals surface area contributed by atoms with Gasteiger partial charge >= 0.3 is 0 Å². The van der Waals surface area contributed by atoms with Crippen LogP contribution in [0.1, 0.15) is 32.0 Å². The normalized spacial score (nSPS) is 12.0. The van der Waals surface area contributed by atoms with Crippen LogP contribution >= 0.6 is 0 Å². The maximum atomic E-state index is 12.9. The zero-order valence-electron chi connectivity index (χ0n) is 15.3. The van der Waals surface area contributed by atoms with Crippen LogP contribution < -0.4 is 15.0 Å². The molecular weight excluding hydrogens is 336 g/mol. The lowest BCUT2D eigenvalue weighted by molar-refractivity contribution is 0.394. The van der Waals surface area contributed by atoms with E-state index < -0.39 is 5.41 Å². The second kappa shape index (κ2) is 6.58. The van der Waals surface area contributed by atoms with Crippen LogP contribution in [0.3, 0.4) is 0 Å². The Hall–Kier alpha value is -3.23. The number of hydrogen-bond donors (Lipinski definition) is 0. The van der Waals surface area contributed by atoms with Crippen LogP contribution in [0.5, 0.6) is 11.5 Å². The van der Waals surface area contributed by atoms with Gasteiger partial charge in [-0.2, -0.15) is 19.4 Å². The average Bonchev–Trinajstić information content (AvgIpc) is 3.07. The SMILES string of the molecule is COc1ccc(/C=N/n2c(=O)c(C(C)(C)C)nn3cnnc23)c(OC)c1. The van der Waals surface area contributed by atoms with Gasteiger partial charge in [0.15, 0.2) is 0 Å². The lowest BCUT2D eigenvalue weighted by atomic mass is 9.93. The summed E-state index contributed by atoms with van der Waals surface area (Å²) in [5.74, 6) is 1.46. The molecular formula is C17H20N6O3. The maximum absolute atomic E-state index is 12.9. The molecule has 3 rings (SSSR count). The van der Waals surface area contributed by atoms with Gasteiger partial charge in [0.25, 0.3) is 11.3 Å². The Kier molecular flexibility index (Phi) is 4.45. The van der Waals surface area contributed by atoms with Gasteiger partial charge in [0.05, 0.1) is 20.4 Å². The Morgan fingerprint density at radius 1 is 1.19 bits per heavy atom. The van der Waals surface area contributed by atoms with Crippen LogP contribution in [0.25, 0.3) is 5.78 Å². The second-order valence-electron chi connectivity index (χ2n) is 6.64. The highest BCUT2D eigenvalue weighted by molar-refractivity contribution is 5.84. The van der Waals surface area contributed by atoms with Gasteiger partial charge in [-0.3, -0.25) is 4.79 Å². The lowest BCUT2D eigenvalue weighted by Gasteiger charge is -2.16. The molecule has 0 atom stereocenters. The number of nitrogens with zero attached hydrogens (tertiary/aromatic N) is 6. The standard InChI is InChI=1S/C17H20N6O3/c1-17(2,3)14-15(24)23(16-20-18-10-22(16)21-14)19-9-11-6-7-12(25-4)8-13(11)26-5/h6-10H,1-5H3/b19-9+. The summed E-state index contributed by atoms with van der Waals surface area (Å²) in [7, 11) is 3.13. The molecule has 9 heteroatoms. The first kappa shape index (κ1) is 17.6. The van der Waals surface area contributed by atoms with Gasteiger partial charge < -0.3 is 9.47 Å². The topological polar surface area (TPSA) is 95.9 Å². The van der Waals surface area contributed by atoms with Gasteiger partial charge in [0.1, 0.15) is 23.5 Å². The molecule has 9 nitrogen and oxygen atoms in total. The maximum Gasteiger partial charge on any atom is 0.298 e. The summed E-state index contributed by atoms with van der Waals surface area (Å²) in [5.41, 5.74) is 0.252. The van der Waals surface area contributed by atoms with E-state index in [9.17, 15) is 4.79 Å². The number of rotatable bonds is 4. The molecule has 0 fully saturated rings. The van der Waals surface area contributed by atoms with Crippen molar-refractivity contribution in [2.45, 2.75) is 26.2 Å². The van der Waals surface area contributed by atoms with Crippen molar-refractivity contribution in [3.63, 3.8) is 0 Å². The highest BCUT2D eigenvalue weighted by Gasteiger charge is 2.23. The van der Waals surface area contributed by atoms with E-state index in [1.54, 1.807) is 32.4 Å². The summed E-state index contributed by atoms with van der Waals surface area (Å²) in [5, 5.41) is 16.4. The summed E-state index contributed by atoms with van der Waals surface area (Å²) in [4.78, 5) is 12.9. The minimum Gasteiger partial charge on any atom is -0.497 e. The molecule has 0 aliphatic rings. The Labute approximate surface area is 149 Å². The zero-order valence-corrected chi connectivity index (χ0v) is 15.3. The summed E-state index contributed by atoms with van der Waals surface area (Å²) in [6.07, 6.45) is 2.96. The molecule has 0 aliphatic carbocycles. The van der Waals surface area contributed by atoms with Gasteiger partial charge in [-0.15, -0.1) is 10.2 Å². The number of fused-ring (bicyclic) bond motifs is 1. The van der Waals surface area contributed by atoms with Gasteiger partial charge in [0, 0.05) is 17.0 Å². The number of methoxy groups -OCH3 is 2.